The van der Waals surface area contributed by atoms with Crippen molar-refractivity contribution in [2.45, 2.75) is 13.1 Å². The molecule has 20 heavy (non-hydrogen) atoms. The fourth-order valence-electron chi connectivity index (χ4n) is 1.48. The van der Waals surface area contributed by atoms with Gasteiger partial charge in [-0.05, 0) is 6.07 Å². The molecule has 0 aromatic carbocycles. The van der Waals surface area contributed by atoms with Crippen LogP contribution < -0.4 is 5.32 Å². The Bertz CT molecular complexity index is 639. The number of carbonyl (C=O) groups excluding carboxylic acids is 1. The van der Waals surface area contributed by atoms with E-state index in [1.165, 1.54) is 18.5 Å². The summed E-state index contributed by atoms with van der Waals surface area (Å²) in [5, 5.41) is 27.9. The Morgan fingerprint density at radius 2 is 2.20 bits per heavy atom. The molecule has 0 atom stereocenters. The summed E-state index contributed by atoms with van der Waals surface area (Å²) in [7, 11) is 0. The van der Waals surface area contributed by atoms with Crippen LogP contribution in [0.2, 0.25) is 0 Å². The number of amides is 1. The highest BCUT2D eigenvalue weighted by atomic mass is 16.4. The maximum Gasteiger partial charge on any atom is 0.325 e. The van der Waals surface area contributed by atoms with Crippen LogP contribution in [0.15, 0.2) is 24.7 Å². The van der Waals surface area contributed by atoms with E-state index in [0.717, 1.165) is 10.9 Å². The van der Waals surface area contributed by atoms with Crippen LogP contribution in [0, 0.1) is 0 Å². The Balaban J connectivity index is 1.95. The van der Waals surface area contributed by atoms with Crippen molar-refractivity contribution in [1.82, 2.24) is 25.3 Å². The van der Waals surface area contributed by atoms with E-state index >= 15 is 0 Å². The van der Waals surface area contributed by atoms with E-state index in [-0.39, 0.29) is 24.4 Å². The minimum Gasteiger partial charge on any atom is -0.505 e. The molecule has 2 rings (SSSR count). The predicted molar refractivity (Wildman–Crippen MR) is 64.7 cm³/mol. The van der Waals surface area contributed by atoms with Gasteiger partial charge in [0.15, 0.2) is 0 Å². The maximum atomic E-state index is 11.8. The Morgan fingerprint density at radius 3 is 2.90 bits per heavy atom. The van der Waals surface area contributed by atoms with Gasteiger partial charge in [0.25, 0.3) is 5.91 Å². The zero-order chi connectivity index (χ0) is 14.5. The lowest BCUT2D eigenvalue weighted by Crippen LogP contribution is -2.23. The second-order valence-electron chi connectivity index (χ2n) is 3.88. The van der Waals surface area contributed by atoms with Gasteiger partial charge in [-0.25, -0.2) is 4.68 Å². The van der Waals surface area contributed by atoms with Crippen molar-refractivity contribution in [2.75, 3.05) is 0 Å². The quantitative estimate of drug-likeness (QED) is 0.664. The lowest BCUT2D eigenvalue weighted by Gasteiger charge is -2.04. The minimum atomic E-state index is -1.04. The number of rotatable bonds is 5. The number of carboxylic acid groups (broad SMARTS) is 1. The van der Waals surface area contributed by atoms with Gasteiger partial charge in [-0.15, -0.1) is 5.10 Å². The van der Waals surface area contributed by atoms with Gasteiger partial charge >= 0.3 is 5.97 Å². The van der Waals surface area contributed by atoms with Crippen molar-refractivity contribution in [2.24, 2.45) is 0 Å². The van der Waals surface area contributed by atoms with Crippen molar-refractivity contribution in [3.8, 4) is 5.75 Å². The molecule has 9 heteroatoms. The fourth-order valence-corrected chi connectivity index (χ4v) is 1.48. The van der Waals surface area contributed by atoms with Crippen molar-refractivity contribution in [3.63, 3.8) is 0 Å². The Hall–Kier alpha value is -2.97. The third kappa shape index (κ3) is 3.28. The van der Waals surface area contributed by atoms with Crippen LogP contribution in [0.5, 0.6) is 5.75 Å². The largest absolute Gasteiger partial charge is 0.505 e. The fraction of sp³-hybridized carbons (Fsp3) is 0.182. The smallest absolute Gasteiger partial charge is 0.325 e. The molecular weight excluding hydrogens is 266 g/mol. The lowest BCUT2D eigenvalue weighted by molar-refractivity contribution is -0.137. The summed E-state index contributed by atoms with van der Waals surface area (Å²) in [5.74, 6) is -1.75. The maximum absolute atomic E-state index is 11.8. The monoisotopic (exact) mass is 277 g/mol. The van der Waals surface area contributed by atoms with E-state index in [9.17, 15) is 14.7 Å². The van der Waals surface area contributed by atoms with Gasteiger partial charge in [0.1, 0.15) is 18.0 Å². The van der Waals surface area contributed by atoms with Gasteiger partial charge in [0.05, 0.1) is 24.5 Å². The summed E-state index contributed by atoms with van der Waals surface area (Å²) in [6.07, 6.45) is 3.97. The van der Waals surface area contributed by atoms with E-state index in [4.69, 9.17) is 5.11 Å². The number of nitrogens with zero attached hydrogens (tertiary/aromatic N) is 4. The summed E-state index contributed by atoms with van der Waals surface area (Å²) in [6.45, 7) is -0.230. The summed E-state index contributed by atoms with van der Waals surface area (Å²) in [4.78, 5) is 25.9. The Labute approximate surface area is 112 Å². The molecule has 2 aromatic heterocycles. The molecule has 0 unspecified atom stereocenters. The van der Waals surface area contributed by atoms with E-state index in [1.807, 2.05) is 0 Å². The number of aromatic nitrogens is 4. The molecule has 0 fully saturated rings. The highest BCUT2D eigenvalue weighted by Crippen LogP contribution is 2.13. The molecule has 0 aliphatic heterocycles. The van der Waals surface area contributed by atoms with Gasteiger partial charge in [-0.3, -0.25) is 14.6 Å². The topological polar surface area (TPSA) is 130 Å². The first-order valence-corrected chi connectivity index (χ1v) is 5.58. The third-order valence-electron chi connectivity index (χ3n) is 2.36. The molecule has 0 aliphatic rings. The van der Waals surface area contributed by atoms with E-state index in [1.54, 1.807) is 0 Å². The van der Waals surface area contributed by atoms with Crippen LogP contribution in [-0.2, 0) is 17.9 Å². The van der Waals surface area contributed by atoms with Gasteiger partial charge in [0.2, 0.25) is 0 Å². The molecule has 3 N–H and O–H groups in total. The standard InChI is InChI=1S/C11H11N5O4/c17-9-4-12-2-1-8(9)11(20)13-3-7-5-16(15-14-7)6-10(18)19/h1-2,4-5,17H,3,6H2,(H,13,20)(H,18,19). The van der Waals surface area contributed by atoms with Crippen molar-refractivity contribution < 1.29 is 19.8 Å². The van der Waals surface area contributed by atoms with Crippen LogP contribution in [0.3, 0.4) is 0 Å². The number of aliphatic carboxylic acids is 1. The first-order valence-electron chi connectivity index (χ1n) is 5.58. The van der Waals surface area contributed by atoms with Crippen molar-refractivity contribution in [3.05, 3.63) is 35.9 Å². The highest BCUT2D eigenvalue weighted by molar-refractivity contribution is 5.96. The van der Waals surface area contributed by atoms with Crippen LogP contribution in [-0.4, -0.2) is 42.1 Å². The third-order valence-corrected chi connectivity index (χ3v) is 2.36. The Kier molecular flexibility index (Phi) is 3.89. The number of nitrogens with one attached hydrogen (secondary N) is 1. The molecular formula is C11H11N5O4. The number of hydrogen-bond acceptors (Lipinski definition) is 6. The summed E-state index contributed by atoms with van der Waals surface area (Å²) in [5.41, 5.74) is 0.506. The zero-order valence-corrected chi connectivity index (χ0v) is 10.2. The van der Waals surface area contributed by atoms with Crippen LogP contribution in [0.4, 0.5) is 0 Å². The number of pyridine rings is 1. The van der Waals surface area contributed by atoms with Gasteiger partial charge in [0, 0.05) is 6.20 Å². The molecule has 0 radical (unpaired) electrons. The molecule has 0 spiro atoms. The second kappa shape index (κ2) is 5.78. The molecule has 2 aromatic rings. The Morgan fingerprint density at radius 1 is 1.40 bits per heavy atom. The molecule has 2 heterocycles. The van der Waals surface area contributed by atoms with Gasteiger partial charge < -0.3 is 15.5 Å². The number of hydrogen-bond donors (Lipinski definition) is 3. The molecule has 0 aliphatic carbocycles. The predicted octanol–water partition coefficient (Wildman–Crippen LogP) is -0.607. The number of aromatic hydroxyl groups is 1. The van der Waals surface area contributed by atoms with Gasteiger partial charge in [-0.2, -0.15) is 0 Å². The molecule has 9 nitrogen and oxygen atoms in total. The van der Waals surface area contributed by atoms with Crippen molar-refractivity contribution >= 4 is 11.9 Å². The second-order valence-corrected chi connectivity index (χ2v) is 3.88. The normalized spacial score (nSPS) is 10.2. The SMILES string of the molecule is O=C(O)Cn1cc(CNC(=O)c2ccncc2O)nn1. The van der Waals surface area contributed by atoms with Gasteiger partial charge in [-0.1, -0.05) is 5.21 Å². The van der Waals surface area contributed by atoms with E-state index in [0.29, 0.717) is 5.69 Å². The van der Waals surface area contributed by atoms with Crippen LogP contribution in [0.25, 0.3) is 0 Å². The van der Waals surface area contributed by atoms with E-state index in [2.05, 4.69) is 20.6 Å². The molecule has 1 amide bonds. The van der Waals surface area contributed by atoms with E-state index < -0.39 is 11.9 Å². The number of carboxylic acids is 1. The molecule has 0 saturated carbocycles. The molecule has 0 bridgehead atoms. The summed E-state index contributed by atoms with van der Waals surface area (Å²) in [6, 6.07) is 1.38. The highest BCUT2D eigenvalue weighted by Gasteiger charge is 2.11. The first-order chi connectivity index (χ1) is 9.56. The first kappa shape index (κ1) is 13.5. The average Bonchev–Trinajstić information content (AvgIpc) is 2.83. The van der Waals surface area contributed by atoms with Crippen LogP contribution >= 0.6 is 0 Å². The lowest BCUT2D eigenvalue weighted by atomic mass is 10.2. The van der Waals surface area contributed by atoms with Crippen LogP contribution in [0.1, 0.15) is 16.1 Å². The average molecular weight is 277 g/mol. The van der Waals surface area contributed by atoms with Crippen molar-refractivity contribution in [1.29, 1.82) is 0 Å². The molecule has 0 saturated heterocycles. The number of carbonyl (C=O) groups is 2. The zero-order valence-electron chi connectivity index (χ0n) is 10.2. The summed E-state index contributed by atoms with van der Waals surface area (Å²) >= 11 is 0. The summed E-state index contributed by atoms with van der Waals surface area (Å²) < 4.78 is 1.15. The molecule has 104 valence electrons. The minimum absolute atomic E-state index is 0.0697.